The summed E-state index contributed by atoms with van der Waals surface area (Å²) < 4.78 is 27.0. The van der Waals surface area contributed by atoms with E-state index in [1.807, 2.05) is 18.2 Å². The van der Waals surface area contributed by atoms with Crippen molar-refractivity contribution in [3.05, 3.63) is 52.9 Å². The molecule has 2 rings (SSSR count). The van der Waals surface area contributed by atoms with Crippen LogP contribution in [0.1, 0.15) is 15.9 Å². The van der Waals surface area contributed by atoms with Gasteiger partial charge in [0.15, 0.2) is 5.96 Å². The number of aliphatic imine (C=N–C) groups is 1. The highest BCUT2D eigenvalue weighted by Crippen LogP contribution is 2.14. The van der Waals surface area contributed by atoms with Crippen LogP contribution in [-0.4, -0.2) is 66.0 Å². The van der Waals surface area contributed by atoms with Crippen molar-refractivity contribution in [2.45, 2.75) is 10.6 Å². The van der Waals surface area contributed by atoms with Crippen LogP contribution in [0.15, 0.2) is 51.0 Å². The van der Waals surface area contributed by atoms with Gasteiger partial charge in [-0.2, -0.15) is 0 Å². The van der Waals surface area contributed by atoms with E-state index in [1.54, 1.807) is 49.6 Å². The van der Waals surface area contributed by atoms with Crippen LogP contribution in [0.4, 0.5) is 0 Å². The van der Waals surface area contributed by atoms with Crippen molar-refractivity contribution in [1.82, 2.24) is 20.3 Å². The van der Waals surface area contributed by atoms with E-state index in [0.29, 0.717) is 28.8 Å². The molecule has 0 unspecified atom stereocenters. The number of hydrogen-bond acceptors (Lipinski definition) is 5. The smallest absolute Gasteiger partial charge is 0.253 e. The summed E-state index contributed by atoms with van der Waals surface area (Å²) in [7, 11) is 1.66. The Labute approximate surface area is 176 Å². The molecule has 3 N–H and O–H groups in total. The fraction of sp³-hybridized carbons (Fsp3) is 0.368. The van der Waals surface area contributed by atoms with Crippen molar-refractivity contribution < 1.29 is 13.2 Å². The summed E-state index contributed by atoms with van der Waals surface area (Å²) in [5, 5.41) is 7.98. The van der Waals surface area contributed by atoms with Gasteiger partial charge in [-0.25, -0.2) is 13.1 Å². The van der Waals surface area contributed by atoms with Crippen molar-refractivity contribution in [3.63, 3.8) is 0 Å². The molecule has 29 heavy (non-hydrogen) atoms. The molecular weight excluding hydrogens is 410 g/mol. The van der Waals surface area contributed by atoms with Crippen LogP contribution >= 0.6 is 11.3 Å². The van der Waals surface area contributed by atoms with Gasteiger partial charge < -0.3 is 15.5 Å². The number of rotatable bonds is 9. The first-order valence-corrected chi connectivity index (χ1v) is 11.5. The minimum atomic E-state index is -3.45. The van der Waals surface area contributed by atoms with E-state index < -0.39 is 10.0 Å². The Hall–Kier alpha value is -2.43. The Morgan fingerprint density at radius 1 is 1.10 bits per heavy atom. The van der Waals surface area contributed by atoms with Crippen molar-refractivity contribution in [2.75, 3.05) is 40.8 Å². The van der Waals surface area contributed by atoms with Crippen LogP contribution in [0.2, 0.25) is 0 Å². The summed E-state index contributed by atoms with van der Waals surface area (Å²) in [6, 6.07) is 10.8. The molecule has 158 valence electrons. The molecule has 0 fully saturated rings. The second-order valence-corrected chi connectivity index (χ2v) is 9.35. The average Bonchev–Trinajstić information content (AvgIpc) is 3.25. The lowest BCUT2D eigenvalue weighted by Crippen LogP contribution is -2.42. The number of guanidine groups is 1. The van der Waals surface area contributed by atoms with Gasteiger partial charge in [0.1, 0.15) is 4.21 Å². The monoisotopic (exact) mass is 437 g/mol. The van der Waals surface area contributed by atoms with Crippen molar-refractivity contribution in [3.8, 4) is 0 Å². The summed E-state index contributed by atoms with van der Waals surface area (Å²) in [5.74, 6) is 0.558. The van der Waals surface area contributed by atoms with Crippen LogP contribution in [-0.2, 0) is 16.4 Å². The maximum Gasteiger partial charge on any atom is 0.253 e. The van der Waals surface area contributed by atoms with Gasteiger partial charge in [-0.3, -0.25) is 9.79 Å². The summed E-state index contributed by atoms with van der Waals surface area (Å²) >= 11 is 1.18. The Balaban J connectivity index is 1.74. The number of benzene rings is 1. The van der Waals surface area contributed by atoms with Crippen LogP contribution in [0.25, 0.3) is 0 Å². The zero-order chi connectivity index (χ0) is 21.3. The fourth-order valence-electron chi connectivity index (χ4n) is 2.52. The maximum atomic E-state index is 12.1. The second kappa shape index (κ2) is 10.9. The van der Waals surface area contributed by atoms with Crippen LogP contribution in [0, 0.1) is 0 Å². The molecule has 8 nitrogen and oxygen atoms in total. The highest BCUT2D eigenvalue weighted by atomic mass is 32.2. The molecule has 0 aliphatic heterocycles. The summed E-state index contributed by atoms with van der Waals surface area (Å²) in [6.45, 7) is 1.27. The third-order valence-corrected chi connectivity index (χ3v) is 6.84. The lowest BCUT2D eigenvalue weighted by Gasteiger charge is -2.13. The van der Waals surface area contributed by atoms with E-state index >= 15 is 0 Å². The van der Waals surface area contributed by atoms with E-state index in [4.69, 9.17) is 0 Å². The van der Waals surface area contributed by atoms with Gasteiger partial charge in [-0.1, -0.05) is 18.2 Å². The highest BCUT2D eigenvalue weighted by Gasteiger charge is 2.13. The zero-order valence-electron chi connectivity index (χ0n) is 16.8. The number of sulfonamides is 1. The van der Waals surface area contributed by atoms with Crippen molar-refractivity contribution >= 4 is 33.2 Å². The molecule has 0 atom stereocenters. The molecule has 2 aromatic rings. The normalized spacial score (nSPS) is 11.9. The predicted molar refractivity (Wildman–Crippen MR) is 117 cm³/mol. The molecule has 0 saturated heterocycles. The number of nitrogens with one attached hydrogen (secondary N) is 3. The number of carbonyl (C=O) groups is 1. The standard InChI is InChI=1S/C19H27N5O3S2/c1-20-19(22-11-12-23-29(26,27)17-8-5-13-28-17)21-10-9-15-6-4-7-16(14-15)18(25)24(2)3/h4-8,13-14,23H,9-12H2,1-3H3,(H2,20,21,22). The van der Waals surface area contributed by atoms with Crippen molar-refractivity contribution in [1.29, 1.82) is 0 Å². The number of nitrogens with zero attached hydrogens (tertiary/aromatic N) is 2. The Bertz CT molecular complexity index is 925. The number of amides is 1. The lowest BCUT2D eigenvalue weighted by molar-refractivity contribution is 0.0827. The van der Waals surface area contributed by atoms with Crippen molar-refractivity contribution in [2.24, 2.45) is 4.99 Å². The molecule has 1 aromatic heterocycles. The van der Waals surface area contributed by atoms with Gasteiger partial charge in [0.25, 0.3) is 5.91 Å². The summed E-state index contributed by atoms with van der Waals surface area (Å²) in [5.41, 5.74) is 1.71. The molecule has 0 saturated carbocycles. The number of hydrogen-bond donors (Lipinski definition) is 3. The van der Waals surface area contributed by atoms with E-state index in [9.17, 15) is 13.2 Å². The van der Waals surface area contributed by atoms with E-state index in [0.717, 1.165) is 12.0 Å². The first-order valence-electron chi connectivity index (χ1n) is 9.12. The van der Waals surface area contributed by atoms with Crippen LogP contribution < -0.4 is 15.4 Å². The third kappa shape index (κ3) is 7.15. The van der Waals surface area contributed by atoms with E-state index in [1.165, 1.54) is 11.3 Å². The van der Waals surface area contributed by atoms with Gasteiger partial charge in [0, 0.05) is 46.3 Å². The van der Waals surface area contributed by atoms with E-state index in [2.05, 4.69) is 20.3 Å². The fourth-order valence-corrected chi connectivity index (χ4v) is 4.59. The van der Waals surface area contributed by atoms with Gasteiger partial charge >= 0.3 is 0 Å². The molecule has 1 heterocycles. The zero-order valence-corrected chi connectivity index (χ0v) is 18.4. The molecule has 1 aromatic carbocycles. The first kappa shape index (κ1) is 22.9. The molecule has 0 spiro atoms. The second-order valence-electron chi connectivity index (χ2n) is 6.41. The Morgan fingerprint density at radius 3 is 2.52 bits per heavy atom. The Morgan fingerprint density at radius 2 is 1.86 bits per heavy atom. The Kier molecular flexibility index (Phi) is 8.62. The topological polar surface area (TPSA) is 103 Å². The van der Waals surface area contributed by atoms with Gasteiger partial charge in [-0.05, 0) is 35.6 Å². The molecule has 10 heteroatoms. The van der Waals surface area contributed by atoms with Crippen LogP contribution in [0.3, 0.4) is 0 Å². The molecule has 0 aliphatic carbocycles. The number of carbonyl (C=O) groups excluding carboxylic acids is 1. The van der Waals surface area contributed by atoms with Crippen LogP contribution in [0.5, 0.6) is 0 Å². The predicted octanol–water partition coefficient (Wildman–Crippen LogP) is 1.14. The maximum absolute atomic E-state index is 12.1. The van der Waals surface area contributed by atoms with Gasteiger partial charge in [0.05, 0.1) is 0 Å². The highest BCUT2D eigenvalue weighted by molar-refractivity contribution is 7.91. The molecule has 1 amide bonds. The molecule has 0 aliphatic rings. The summed E-state index contributed by atoms with van der Waals surface area (Å²) in [6.07, 6.45) is 0.722. The minimum absolute atomic E-state index is 0.0257. The average molecular weight is 438 g/mol. The molecule has 0 radical (unpaired) electrons. The largest absolute Gasteiger partial charge is 0.356 e. The minimum Gasteiger partial charge on any atom is -0.356 e. The van der Waals surface area contributed by atoms with E-state index in [-0.39, 0.29) is 12.5 Å². The van der Waals surface area contributed by atoms with Gasteiger partial charge in [-0.15, -0.1) is 11.3 Å². The SMILES string of the molecule is CN=C(NCCNS(=O)(=O)c1cccs1)NCCc1cccc(C(=O)N(C)C)c1. The molecule has 0 bridgehead atoms. The lowest BCUT2D eigenvalue weighted by atomic mass is 10.1. The van der Waals surface area contributed by atoms with Gasteiger partial charge in [0.2, 0.25) is 10.0 Å². The summed E-state index contributed by atoms with van der Waals surface area (Å²) in [4.78, 5) is 17.7. The number of thiophene rings is 1. The third-order valence-electron chi connectivity index (χ3n) is 3.98. The quantitative estimate of drug-likeness (QED) is 0.310. The first-order chi connectivity index (χ1) is 13.8. The molecular formula is C19H27N5O3S2.